The molecule has 1 saturated carbocycles. The molecular weight excluding hydrogens is 290 g/mol. The molecule has 4 rings (SSSR count). The Hall–Kier alpha value is -1.36. The van der Waals surface area contributed by atoms with Crippen LogP contribution in [-0.4, -0.2) is 46.2 Å². The molecule has 2 fully saturated rings. The first-order valence-corrected chi connectivity index (χ1v) is 9.11. The van der Waals surface area contributed by atoms with E-state index < -0.39 is 0 Å². The number of nitrogens with zero attached hydrogens (tertiary/aromatic N) is 3. The minimum atomic E-state index is 0.257. The highest BCUT2D eigenvalue weighted by molar-refractivity contribution is 5.76. The van der Waals surface area contributed by atoms with Gasteiger partial charge in [-0.1, -0.05) is 0 Å². The van der Waals surface area contributed by atoms with E-state index in [4.69, 9.17) is 4.74 Å². The fraction of sp³-hybridized carbons (Fsp3) is 0.778. The molecule has 2 aliphatic carbocycles. The standard InChI is InChI=1S/C18H27N3O2/c1-2-23-14-9-18(10-14)7-8-20(12-18)17(22)11-21-13-19-15-5-3-4-6-16(15)21/h13-14H,2-12H2,1H3. The molecule has 2 heterocycles. The first-order valence-electron chi connectivity index (χ1n) is 9.11. The first kappa shape index (κ1) is 15.2. The van der Waals surface area contributed by atoms with Crippen LogP contribution in [0.2, 0.25) is 0 Å². The van der Waals surface area contributed by atoms with Crippen LogP contribution in [0.4, 0.5) is 0 Å². The monoisotopic (exact) mass is 317 g/mol. The van der Waals surface area contributed by atoms with E-state index >= 15 is 0 Å². The molecule has 0 radical (unpaired) electrons. The fourth-order valence-electron chi connectivity index (χ4n) is 4.65. The number of aryl methyl sites for hydroxylation is 1. The molecule has 5 heteroatoms. The SMILES string of the molecule is CCOC1CC2(CCN(C(=O)Cn3cnc4c3CCCC4)C2)C1. The molecule has 0 atom stereocenters. The molecule has 1 spiro atoms. The number of rotatable bonds is 4. The molecule has 0 aromatic carbocycles. The van der Waals surface area contributed by atoms with Crippen LogP contribution in [0.5, 0.6) is 0 Å². The van der Waals surface area contributed by atoms with Crippen molar-refractivity contribution in [3.63, 3.8) is 0 Å². The van der Waals surface area contributed by atoms with Gasteiger partial charge in [-0.3, -0.25) is 4.79 Å². The van der Waals surface area contributed by atoms with Crippen molar-refractivity contribution in [1.82, 2.24) is 14.5 Å². The third-order valence-corrected chi connectivity index (χ3v) is 5.93. The van der Waals surface area contributed by atoms with E-state index in [1.165, 1.54) is 24.2 Å². The lowest BCUT2D eigenvalue weighted by Crippen LogP contribution is -2.45. The van der Waals surface area contributed by atoms with Gasteiger partial charge in [0, 0.05) is 25.4 Å². The number of aromatic nitrogens is 2. The van der Waals surface area contributed by atoms with Crippen LogP contribution in [0.1, 0.15) is 50.4 Å². The second kappa shape index (κ2) is 5.93. The van der Waals surface area contributed by atoms with Gasteiger partial charge in [0.1, 0.15) is 6.54 Å². The second-order valence-corrected chi connectivity index (χ2v) is 7.52. The minimum absolute atomic E-state index is 0.257. The van der Waals surface area contributed by atoms with Crippen molar-refractivity contribution in [3.05, 3.63) is 17.7 Å². The summed E-state index contributed by atoms with van der Waals surface area (Å²) in [6.07, 6.45) is 10.3. The van der Waals surface area contributed by atoms with Gasteiger partial charge in [0.05, 0.1) is 18.1 Å². The summed E-state index contributed by atoms with van der Waals surface area (Å²) in [4.78, 5) is 19.2. The minimum Gasteiger partial charge on any atom is -0.378 e. The van der Waals surface area contributed by atoms with Crippen LogP contribution in [0, 0.1) is 5.41 Å². The number of fused-ring (bicyclic) bond motifs is 1. The molecular formula is C18H27N3O2. The summed E-state index contributed by atoms with van der Waals surface area (Å²) in [6, 6.07) is 0. The van der Waals surface area contributed by atoms with Gasteiger partial charge < -0.3 is 14.2 Å². The van der Waals surface area contributed by atoms with Gasteiger partial charge in [0.15, 0.2) is 0 Å². The summed E-state index contributed by atoms with van der Waals surface area (Å²) in [5, 5.41) is 0. The van der Waals surface area contributed by atoms with Crippen LogP contribution < -0.4 is 0 Å². The third kappa shape index (κ3) is 2.80. The van der Waals surface area contributed by atoms with Gasteiger partial charge in [-0.25, -0.2) is 4.98 Å². The van der Waals surface area contributed by atoms with Gasteiger partial charge in [-0.2, -0.15) is 0 Å². The first-order chi connectivity index (χ1) is 11.2. The summed E-state index contributed by atoms with van der Waals surface area (Å²) in [5.74, 6) is 0.257. The van der Waals surface area contributed by atoms with Crippen LogP contribution in [0.25, 0.3) is 0 Å². The summed E-state index contributed by atoms with van der Waals surface area (Å²) in [5.41, 5.74) is 2.85. The van der Waals surface area contributed by atoms with E-state index in [2.05, 4.69) is 21.4 Å². The molecule has 0 unspecified atom stereocenters. The molecule has 5 nitrogen and oxygen atoms in total. The number of likely N-dealkylation sites (tertiary alicyclic amines) is 1. The summed E-state index contributed by atoms with van der Waals surface area (Å²) < 4.78 is 7.78. The molecule has 126 valence electrons. The lowest BCUT2D eigenvalue weighted by Gasteiger charge is -2.44. The normalized spacial score (nSPS) is 29.6. The van der Waals surface area contributed by atoms with Crippen LogP contribution in [0.3, 0.4) is 0 Å². The Morgan fingerprint density at radius 1 is 1.39 bits per heavy atom. The summed E-state index contributed by atoms with van der Waals surface area (Å²) in [6.45, 7) is 5.16. The largest absolute Gasteiger partial charge is 0.378 e. The average Bonchev–Trinajstić information content (AvgIpc) is 3.13. The molecule has 1 aromatic heterocycles. The van der Waals surface area contributed by atoms with Gasteiger partial charge >= 0.3 is 0 Å². The maximum Gasteiger partial charge on any atom is 0.242 e. The predicted octanol–water partition coefficient (Wildman–Crippen LogP) is 2.18. The van der Waals surface area contributed by atoms with Crippen molar-refractivity contribution in [2.45, 2.75) is 64.5 Å². The lowest BCUT2D eigenvalue weighted by molar-refractivity contribution is -0.132. The zero-order valence-electron chi connectivity index (χ0n) is 14.1. The van der Waals surface area contributed by atoms with E-state index in [1.54, 1.807) is 0 Å². The number of hydrogen-bond acceptors (Lipinski definition) is 3. The quantitative estimate of drug-likeness (QED) is 0.855. The van der Waals surface area contributed by atoms with Crippen molar-refractivity contribution >= 4 is 5.91 Å². The van der Waals surface area contributed by atoms with Crippen LogP contribution in [-0.2, 0) is 28.9 Å². The Morgan fingerprint density at radius 3 is 3.04 bits per heavy atom. The van der Waals surface area contributed by atoms with Crippen LogP contribution >= 0.6 is 0 Å². The lowest BCUT2D eigenvalue weighted by atomic mass is 9.66. The number of carbonyl (C=O) groups is 1. The van der Waals surface area contributed by atoms with Crippen molar-refractivity contribution < 1.29 is 9.53 Å². The Balaban J connectivity index is 1.35. The van der Waals surface area contributed by atoms with E-state index in [1.807, 2.05) is 6.33 Å². The fourth-order valence-corrected chi connectivity index (χ4v) is 4.65. The van der Waals surface area contributed by atoms with E-state index in [9.17, 15) is 4.79 Å². The van der Waals surface area contributed by atoms with Gasteiger partial charge in [-0.05, 0) is 57.3 Å². The second-order valence-electron chi connectivity index (χ2n) is 7.52. The number of hydrogen-bond donors (Lipinski definition) is 0. The molecule has 0 N–H and O–H groups in total. The Morgan fingerprint density at radius 2 is 2.22 bits per heavy atom. The molecule has 23 heavy (non-hydrogen) atoms. The molecule has 3 aliphatic rings. The average molecular weight is 317 g/mol. The molecule has 1 aromatic rings. The van der Waals surface area contributed by atoms with E-state index in [0.29, 0.717) is 18.1 Å². The number of ether oxygens (including phenoxy) is 1. The maximum atomic E-state index is 12.7. The van der Waals surface area contributed by atoms with Gasteiger partial charge in [0.25, 0.3) is 0 Å². The highest BCUT2D eigenvalue weighted by Crippen LogP contribution is 2.49. The molecule has 1 saturated heterocycles. The molecule has 0 bridgehead atoms. The zero-order chi connectivity index (χ0) is 15.9. The third-order valence-electron chi connectivity index (χ3n) is 5.93. The van der Waals surface area contributed by atoms with Crippen molar-refractivity contribution in [2.24, 2.45) is 5.41 Å². The summed E-state index contributed by atoms with van der Waals surface area (Å²) in [7, 11) is 0. The topological polar surface area (TPSA) is 47.4 Å². The Kier molecular flexibility index (Phi) is 3.92. The Bertz CT molecular complexity index is 589. The predicted molar refractivity (Wildman–Crippen MR) is 87.1 cm³/mol. The van der Waals surface area contributed by atoms with Gasteiger partial charge in [-0.15, -0.1) is 0 Å². The number of amides is 1. The number of imidazole rings is 1. The maximum absolute atomic E-state index is 12.7. The zero-order valence-corrected chi connectivity index (χ0v) is 14.1. The smallest absolute Gasteiger partial charge is 0.242 e. The van der Waals surface area contributed by atoms with E-state index in [0.717, 1.165) is 51.8 Å². The van der Waals surface area contributed by atoms with Crippen molar-refractivity contribution in [1.29, 1.82) is 0 Å². The summed E-state index contributed by atoms with van der Waals surface area (Å²) >= 11 is 0. The number of carbonyl (C=O) groups excluding carboxylic acids is 1. The van der Waals surface area contributed by atoms with Crippen molar-refractivity contribution in [3.8, 4) is 0 Å². The Labute approximate surface area is 138 Å². The van der Waals surface area contributed by atoms with Crippen molar-refractivity contribution in [2.75, 3.05) is 19.7 Å². The molecule has 1 amide bonds. The van der Waals surface area contributed by atoms with Gasteiger partial charge in [0.2, 0.25) is 5.91 Å². The highest BCUT2D eigenvalue weighted by atomic mass is 16.5. The molecule has 1 aliphatic heterocycles. The van der Waals surface area contributed by atoms with E-state index in [-0.39, 0.29) is 5.91 Å². The van der Waals surface area contributed by atoms with Crippen LogP contribution in [0.15, 0.2) is 6.33 Å². The highest BCUT2D eigenvalue weighted by Gasteiger charge is 2.49.